The minimum absolute atomic E-state index is 0.178. The molecule has 0 atom stereocenters. The van der Waals surface area contributed by atoms with Crippen LogP contribution in [0.15, 0.2) is 38.9 Å². The Bertz CT molecular complexity index is 549. The Morgan fingerprint density at radius 1 is 1.28 bits per heavy atom. The molecule has 0 spiro atoms. The summed E-state index contributed by atoms with van der Waals surface area (Å²) in [6, 6.07) is 5.78. The Balaban J connectivity index is 0.000000199. The van der Waals surface area contributed by atoms with Crippen molar-refractivity contribution in [1.82, 2.24) is 0 Å². The quantitative estimate of drug-likeness (QED) is 0.523. The normalized spacial score (nSPS) is 13.6. The van der Waals surface area contributed by atoms with Gasteiger partial charge in [0.25, 0.3) is 0 Å². The van der Waals surface area contributed by atoms with E-state index in [1.165, 1.54) is 12.1 Å². The number of rotatable bonds is 2. The average Bonchev–Trinajstić information content (AvgIpc) is 2.82. The van der Waals surface area contributed by atoms with Crippen LogP contribution in [0, 0.1) is 6.92 Å². The summed E-state index contributed by atoms with van der Waals surface area (Å²) in [4.78, 5) is -0.178. The van der Waals surface area contributed by atoms with E-state index in [1.807, 2.05) is 13.1 Å². The van der Waals surface area contributed by atoms with Gasteiger partial charge in [0, 0.05) is 0 Å². The number of ether oxygens (including phenoxy) is 1. The maximum atomic E-state index is 10.4. The average molecular weight is 378 g/mol. The number of hydrogen-bond donors (Lipinski definition) is 1. The van der Waals surface area contributed by atoms with Gasteiger partial charge in [-0.15, -0.1) is 0 Å². The summed E-state index contributed by atoms with van der Waals surface area (Å²) in [6.07, 6.45) is 1.92. The summed E-state index contributed by atoms with van der Waals surface area (Å²) in [5.74, 6) is 1.01. The first-order valence-corrected chi connectivity index (χ1v) is 9.53. The second-order valence-electron chi connectivity index (χ2n) is 3.45. The zero-order valence-corrected chi connectivity index (χ0v) is 13.7. The Morgan fingerprint density at radius 3 is 2.22 bits per heavy atom. The van der Waals surface area contributed by atoms with Gasteiger partial charge < -0.3 is 4.55 Å². The smallest absolute Gasteiger partial charge is 0.124 e. The van der Waals surface area contributed by atoms with Crippen LogP contribution in [0.25, 0.3) is 0 Å². The minimum Gasteiger partial charge on any atom is -0.744 e. The Hall–Kier alpha value is -0.842. The first-order chi connectivity index (χ1) is 8.43. The van der Waals surface area contributed by atoms with Gasteiger partial charge in [-0.3, -0.25) is 0 Å². The first-order valence-electron chi connectivity index (χ1n) is 5.04. The predicted molar refractivity (Wildman–Crippen MR) is 68.4 cm³/mol. The molecule has 0 fully saturated rings. The van der Waals surface area contributed by atoms with Gasteiger partial charge in [0.15, 0.2) is 0 Å². The van der Waals surface area contributed by atoms with Crippen molar-refractivity contribution >= 4 is 38.2 Å². The molecule has 0 saturated heterocycles. The SMILES string of the molecule is COC1=[CH][SbH][NH+]=C1.Cc1ccc(S(=O)(=O)[O-])cc1. The van der Waals surface area contributed by atoms with Gasteiger partial charge in [-0.2, -0.15) is 0 Å². The number of methoxy groups -OCH3 is 1. The second kappa shape index (κ2) is 6.92. The number of nitrogens with one attached hydrogen (secondary N) is 1. The van der Waals surface area contributed by atoms with Crippen LogP contribution in [0.1, 0.15) is 5.56 Å². The van der Waals surface area contributed by atoms with E-state index in [0.29, 0.717) is 0 Å². The van der Waals surface area contributed by atoms with E-state index < -0.39 is 10.1 Å². The van der Waals surface area contributed by atoms with Crippen LogP contribution >= 0.6 is 0 Å². The fourth-order valence-electron chi connectivity index (χ4n) is 1.09. The molecule has 7 heteroatoms. The number of hydrogen-bond acceptors (Lipinski definition) is 4. The second-order valence-corrected chi connectivity index (χ2v) is 7.30. The summed E-state index contributed by atoms with van der Waals surface area (Å²) in [5.41, 5.74) is 0.928. The fourth-order valence-corrected chi connectivity index (χ4v) is 3.42. The van der Waals surface area contributed by atoms with Crippen molar-refractivity contribution in [3.8, 4) is 0 Å². The molecule has 0 aliphatic carbocycles. The number of benzene rings is 1. The molecule has 0 bridgehead atoms. The molecular formula is C11H14NO4SSb. The Labute approximate surface area is 117 Å². The third kappa shape index (κ3) is 5.21. The van der Waals surface area contributed by atoms with E-state index in [0.717, 1.165) is 11.3 Å². The van der Waals surface area contributed by atoms with E-state index in [1.54, 1.807) is 19.2 Å². The van der Waals surface area contributed by atoms with E-state index >= 15 is 0 Å². The van der Waals surface area contributed by atoms with E-state index in [4.69, 9.17) is 4.74 Å². The van der Waals surface area contributed by atoms with Crippen LogP contribution < -0.4 is 3.15 Å². The van der Waals surface area contributed by atoms with Crippen LogP contribution in [0.4, 0.5) is 0 Å². The van der Waals surface area contributed by atoms with Crippen LogP contribution in [-0.4, -0.2) is 48.2 Å². The first kappa shape index (κ1) is 15.2. The summed E-state index contributed by atoms with van der Waals surface area (Å²) >= 11 is -0.335. The van der Waals surface area contributed by atoms with Crippen molar-refractivity contribution in [3.05, 3.63) is 39.6 Å². The zero-order valence-electron chi connectivity index (χ0n) is 10.0. The van der Waals surface area contributed by atoms with Gasteiger partial charge in [0.1, 0.15) is 10.1 Å². The van der Waals surface area contributed by atoms with Crippen LogP contribution in [0.5, 0.6) is 0 Å². The van der Waals surface area contributed by atoms with Crippen molar-refractivity contribution < 1.29 is 20.9 Å². The molecule has 0 unspecified atom stereocenters. The van der Waals surface area contributed by atoms with Crippen LogP contribution in [0.2, 0.25) is 0 Å². The van der Waals surface area contributed by atoms with E-state index in [9.17, 15) is 13.0 Å². The molecule has 1 aliphatic heterocycles. The van der Waals surface area contributed by atoms with E-state index in [-0.39, 0.29) is 26.8 Å². The molecular weight excluding hydrogens is 364 g/mol. The zero-order chi connectivity index (χ0) is 13.6. The largest absolute Gasteiger partial charge is 0.744 e. The van der Waals surface area contributed by atoms with Crippen molar-refractivity contribution in [2.24, 2.45) is 0 Å². The van der Waals surface area contributed by atoms with Gasteiger partial charge >= 0.3 is 52.9 Å². The summed E-state index contributed by atoms with van der Waals surface area (Å²) < 4.78 is 41.4. The van der Waals surface area contributed by atoms with Crippen LogP contribution in [0.3, 0.4) is 0 Å². The standard InChI is InChI=1S/C7H8O3S.C4H6NO.Sb.H/c1-6-2-4-7(5-3-6)11(8,9)10;1-4(3-5)6-2;;/h2-5H,1H3,(H,8,9,10);1,3,5H,2H3;;/q;;+1;/p-1. The van der Waals surface area contributed by atoms with Crippen molar-refractivity contribution in [2.45, 2.75) is 11.8 Å². The molecule has 0 radical (unpaired) electrons. The summed E-state index contributed by atoms with van der Waals surface area (Å²) in [5, 5.41) is 0. The Kier molecular flexibility index (Phi) is 5.85. The maximum absolute atomic E-state index is 10.4. The van der Waals surface area contributed by atoms with Gasteiger partial charge in [-0.25, -0.2) is 8.42 Å². The molecule has 5 nitrogen and oxygen atoms in total. The minimum atomic E-state index is -4.27. The van der Waals surface area contributed by atoms with Gasteiger partial charge in [-0.05, 0) is 19.1 Å². The molecule has 98 valence electrons. The third-order valence-electron chi connectivity index (χ3n) is 2.06. The molecule has 0 saturated carbocycles. The van der Waals surface area contributed by atoms with E-state index in [2.05, 4.69) is 7.17 Å². The Morgan fingerprint density at radius 2 is 1.89 bits per heavy atom. The molecule has 1 aromatic rings. The molecule has 0 aromatic heterocycles. The maximum Gasteiger partial charge on any atom is 0.124 e. The predicted octanol–water partition coefficient (Wildman–Crippen LogP) is -1.11. The third-order valence-corrected chi connectivity index (χ3v) is 5.02. The van der Waals surface area contributed by atoms with Gasteiger partial charge in [0.2, 0.25) is 0 Å². The molecule has 18 heavy (non-hydrogen) atoms. The van der Waals surface area contributed by atoms with Crippen molar-refractivity contribution in [2.75, 3.05) is 7.11 Å². The number of aryl methyl sites for hydroxylation is 1. The molecule has 1 aliphatic rings. The summed E-state index contributed by atoms with van der Waals surface area (Å²) in [6.45, 7) is 1.82. The molecule has 2 rings (SSSR count). The molecule has 0 amide bonds. The number of allylic oxidation sites excluding steroid dienone is 1. The van der Waals surface area contributed by atoms with Gasteiger partial charge in [0.05, 0.1) is 4.90 Å². The topological polar surface area (TPSA) is 80.4 Å². The molecule has 1 aromatic carbocycles. The fraction of sp³-hybridized carbons (Fsp3) is 0.182. The van der Waals surface area contributed by atoms with Crippen molar-refractivity contribution in [1.29, 1.82) is 0 Å². The molecule has 1 N–H and O–H groups in total. The van der Waals surface area contributed by atoms with Crippen molar-refractivity contribution in [3.63, 3.8) is 0 Å². The summed E-state index contributed by atoms with van der Waals surface area (Å²) in [7, 11) is -2.58. The van der Waals surface area contributed by atoms with Crippen LogP contribution in [-0.2, 0) is 14.9 Å². The van der Waals surface area contributed by atoms with Gasteiger partial charge in [-0.1, -0.05) is 17.7 Å². The molecule has 1 heterocycles. The monoisotopic (exact) mass is 377 g/mol.